The molecule has 0 saturated heterocycles. The summed E-state index contributed by atoms with van der Waals surface area (Å²) < 4.78 is 13.6. The summed E-state index contributed by atoms with van der Waals surface area (Å²) in [6.45, 7) is -0.141. The second-order valence-corrected chi connectivity index (χ2v) is 3.89. The van der Waals surface area contributed by atoms with Crippen molar-refractivity contribution in [2.75, 3.05) is 11.4 Å². The van der Waals surface area contributed by atoms with Gasteiger partial charge in [0, 0.05) is 6.54 Å². The maximum Gasteiger partial charge on any atom is 0.305 e. The lowest BCUT2D eigenvalue weighted by molar-refractivity contribution is -0.136. The van der Waals surface area contributed by atoms with Crippen LogP contribution in [0.3, 0.4) is 0 Å². The Hall–Kier alpha value is -2.77. The van der Waals surface area contributed by atoms with Crippen molar-refractivity contribution < 1.29 is 19.1 Å². The van der Waals surface area contributed by atoms with Gasteiger partial charge >= 0.3 is 5.97 Å². The maximum atomic E-state index is 13.6. The Balaban J connectivity index is 2.29. The van der Waals surface area contributed by atoms with Gasteiger partial charge in [0.1, 0.15) is 12.1 Å². The maximum absolute atomic E-state index is 13.6. The van der Waals surface area contributed by atoms with Crippen molar-refractivity contribution in [1.82, 2.24) is 15.2 Å². The fourth-order valence-corrected chi connectivity index (χ4v) is 1.62. The standard InChI is InChI=1S/C12H11FN4O3/c13-9-4-2-1-3-8(9)11(20)17(6-5-10(18)19)12-14-7-15-16-12/h1-4,7H,5-6H2,(H,18,19)(H,14,15,16). The minimum absolute atomic E-state index is 0.0690. The molecule has 0 aliphatic heterocycles. The van der Waals surface area contributed by atoms with Gasteiger partial charge < -0.3 is 5.11 Å². The van der Waals surface area contributed by atoms with Crippen LogP contribution in [0.2, 0.25) is 0 Å². The van der Waals surface area contributed by atoms with Gasteiger partial charge in [0.15, 0.2) is 0 Å². The molecule has 2 aromatic rings. The van der Waals surface area contributed by atoms with Crippen molar-refractivity contribution in [2.24, 2.45) is 0 Å². The van der Waals surface area contributed by atoms with E-state index < -0.39 is 17.7 Å². The predicted octanol–water partition coefficient (Wildman–Crippen LogP) is 1.07. The number of hydrogen-bond donors (Lipinski definition) is 2. The third-order valence-corrected chi connectivity index (χ3v) is 2.56. The van der Waals surface area contributed by atoms with E-state index in [1.54, 1.807) is 0 Å². The molecule has 8 heteroatoms. The van der Waals surface area contributed by atoms with Crippen LogP contribution in [0.25, 0.3) is 0 Å². The molecule has 1 aromatic heterocycles. The smallest absolute Gasteiger partial charge is 0.305 e. The number of benzene rings is 1. The number of aliphatic carboxylic acids is 1. The van der Waals surface area contributed by atoms with Gasteiger partial charge in [-0.25, -0.2) is 9.49 Å². The summed E-state index contributed by atoms with van der Waals surface area (Å²) in [7, 11) is 0. The zero-order valence-corrected chi connectivity index (χ0v) is 10.3. The van der Waals surface area contributed by atoms with Crippen molar-refractivity contribution >= 4 is 17.8 Å². The van der Waals surface area contributed by atoms with Gasteiger partial charge in [-0.2, -0.15) is 10.1 Å². The molecule has 0 saturated carbocycles. The molecule has 1 aromatic carbocycles. The summed E-state index contributed by atoms with van der Waals surface area (Å²) in [5.74, 6) is -2.37. The van der Waals surface area contributed by atoms with E-state index in [2.05, 4.69) is 15.2 Å². The van der Waals surface area contributed by atoms with Gasteiger partial charge in [0.2, 0.25) is 5.95 Å². The highest BCUT2D eigenvalue weighted by molar-refractivity contribution is 6.05. The molecule has 20 heavy (non-hydrogen) atoms. The lowest BCUT2D eigenvalue weighted by Gasteiger charge is -2.18. The summed E-state index contributed by atoms with van der Waals surface area (Å²) in [6.07, 6.45) is 0.888. The Morgan fingerprint density at radius 2 is 2.10 bits per heavy atom. The topological polar surface area (TPSA) is 99.2 Å². The number of carboxylic acid groups (broad SMARTS) is 1. The summed E-state index contributed by atoms with van der Waals surface area (Å²) in [5.41, 5.74) is -0.158. The van der Waals surface area contributed by atoms with Gasteiger partial charge in [-0.15, -0.1) is 0 Å². The number of anilines is 1. The molecule has 7 nitrogen and oxygen atoms in total. The number of halogens is 1. The number of nitrogens with zero attached hydrogens (tertiary/aromatic N) is 3. The Morgan fingerprint density at radius 1 is 1.35 bits per heavy atom. The van der Waals surface area contributed by atoms with E-state index in [1.807, 2.05) is 0 Å². The van der Waals surface area contributed by atoms with Crippen LogP contribution in [0, 0.1) is 5.82 Å². The van der Waals surface area contributed by atoms with Crippen LogP contribution in [0.4, 0.5) is 10.3 Å². The highest BCUT2D eigenvalue weighted by Gasteiger charge is 2.23. The van der Waals surface area contributed by atoms with Crippen LogP contribution in [-0.4, -0.2) is 38.7 Å². The Bertz CT molecular complexity index is 615. The molecule has 1 heterocycles. The number of aromatic nitrogens is 3. The van der Waals surface area contributed by atoms with E-state index in [4.69, 9.17) is 5.11 Å². The van der Waals surface area contributed by atoms with Gasteiger partial charge in [0.25, 0.3) is 5.91 Å². The quantitative estimate of drug-likeness (QED) is 0.852. The number of carbonyl (C=O) groups is 2. The summed E-state index contributed by atoms with van der Waals surface area (Å²) in [5, 5.41) is 14.8. The first-order chi connectivity index (χ1) is 9.59. The zero-order valence-electron chi connectivity index (χ0n) is 10.3. The molecule has 0 unspecified atom stereocenters. The van der Waals surface area contributed by atoms with Crippen LogP contribution in [-0.2, 0) is 4.79 Å². The highest BCUT2D eigenvalue weighted by Crippen LogP contribution is 2.14. The largest absolute Gasteiger partial charge is 0.481 e. The molecular weight excluding hydrogens is 267 g/mol. The zero-order chi connectivity index (χ0) is 14.5. The second kappa shape index (κ2) is 5.91. The highest BCUT2D eigenvalue weighted by atomic mass is 19.1. The normalized spacial score (nSPS) is 10.2. The molecular formula is C12H11FN4O3. The fourth-order valence-electron chi connectivity index (χ4n) is 1.62. The van der Waals surface area contributed by atoms with E-state index in [9.17, 15) is 14.0 Å². The Labute approximate surface area is 113 Å². The molecule has 104 valence electrons. The number of rotatable bonds is 5. The van der Waals surface area contributed by atoms with Crippen LogP contribution in [0.1, 0.15) is 16.8 Å². The van der Waals surface area contributed by atoms with E-state index >= 15 is 0 Å². The van der Waals surface area contributed by atoms with Crippen molar-refractivity contribution in [3.05, 3.63) is 42.0 Å². The molecule has 0 aliphatic carbocycles. The Morgan fingerprint density at radius 3 is 2.70 bits per heavy atom. The molecule has 0 radical (unpaired) electrons. The molecule has 0 aliphatic rings. The predicted molar refractivity (Wildman–Crippen MR) is 66.7 cm³/mol. The van der Waals surface area contributed by atoms with Crippen molar-refractivity contribution in [1.29, 1.82) is 0 Å². The van der Waals surface area contributed by atoms with E-state index in [0.717, 1.165) is 11.0 Å². The van der Waals surface area contributed by atoms with Crippen LogP contribution in [0.15, 0.2) is 30.6 Å². The first kappa shape index (κ1) is 13.7. The number of aromatic amines is 1. The molecule has 0 fully saturated rings. The lowest BCUT2D eigenvalue weighted by atomic mass is 10.2. The Kier molecular flexibility index (Phi) is 4.04. The molecule has 2 rings (SSSR count). The van der Waals surface area contributed by atoms with Crippen molar-refractivity contribution in [2.45, 2.75) is 6.42 Å². The summed E-state index contributed by atoms with van der Waals surface area (Å²) in [6, 6.07) is 5.46. The molecule has 1 amide bonds. The third kappa shape index (κ3) is 2.97. The SMILES string of the molecule is O=C(O)CCN(C(=O)c1ccccc1F)c1ncn[nH]1. The van der Waals surface area contributed by atoms with E-state index in [1.165, 1.54) is 24.5 Å². The molecule has 2 N–H and O–H groups in total. The minimum Gasteiger partial charge on any atom is -0.481 e. The summed E-state index contributed by atoms with van der Waals surface area (Å²) in [4.78, 5) is 27.8. The number of amides is 1. The first-order valence-corrected chi connectivity index (χ1v) is 5.73. The van der Waals surface area contributed by atoms with Gasteiger partial charge in [-0.1, -0.05) is 12.1 Å². The van der Waals surface area contributed by atoms with Crippen LogP contribution < -0.4 is 4.90 Å². The van der Waals surface area contributed by atoms with Crippen LogP contribution in [0.5, 0.6) is 0 Å². The van der Waals surface area contributed by atoms with Crippen LogP contribution >= 0.6 is 0 Å². The van der Waals surface area contributed by atoms with Crippen molar-refractivity contribution in [3.8, 4) is 0 Å². The average Bonchev–Trinajstić information content (AvgIpc) is 2.93. The number of carboxylic acids is 1. The first-order valence-electron chi connectivity index (χ1n) is 5.73. The minimum atomic E-state index is -1.07. The number of hydrogen-bond acceptors (Lipinski definition) is 4. The second-order valence-electron chi connectivity index (χ2n) is 3.89. The van der Waals surface area contributed by atoms with Gasteiger partial charge in [-0.3, -0.25) is 14.5 Å². The lowest BCUT2D eigenvalue weighted by Crippen LogP contribution is -2.34. The number of nitrogens with one attached hydrogen (secondary N) is 1. The third-order valence-electron chi connectivity index (χ3n) is 2.56. The van der Waals surface area contributed by atoms with Gasteiger partial charge in [-0.05, 0) is 12.1 Å². The molecule has 0 atom stereocenters. The number of carbonyl (C=O) groups excluding carboxylic acids is 1. The average molecular weight is 278 g/mol. The van der Waals surface area contributed by atoms with E-state index in [0.29, 0.717) is 0 Å². The monoisotopic (exact) mass is 278 g/mol. The van der Waals surface area contributed by atoms with Gasteiger partial charge in [0.05, 0.1) is 12.0 Å². The fraction of sp³-hybridized carbons (Fsp3) is 0.167. The van der Waals surface area contributed by atoms with Crippen molar-refractivity contribution in [3.63, 3.8) is 0 Å². The molecule has 0 spiro atoms. The van der Waals surface area contributed by atoms with E-state index in [-0.39, 0.29) is 24.5 Å². The molecule has 0 bridgehead atoms. The number of H-pyrrole nitrogens is 1. The summed E-state index contributed by atoms with van der Waals surface area (Å²) >= 11 is 0.